The summed E-state index contributed by atoms with van der Waals surface area (Å²) in [6.07, 6.45) is 0. The zero-order chi connectivity index (χ0) is 23.9. The van der Waals surface area contributed by atoms with Crippen molar-refractivity contribution in [3.8, 4) is 0 Å². The van der Waals surface area contributed by atoms with E-state index in [2.05, 4.69) is 63.6 Å². The molecule has 1 aliphatic heterocycles. The fraction of sp³-hybridized carbons (Fsp3) is 0.259. The summed E-state index contributed by atoms with van der Waals surface area (Å²) in [5.74, 6) is -1.47. The van der Waals surface area contributed by atoms with Crippen LogP contribution in [0.15, 0.2) is 78.9 Å². The number of carbonyl (C=O) groups is 2. The number of hydrogen-bond donors (Lipinski definition) is 2. The number of carboxylic acid groups (broad SMARTS) is 1. The Hall–Kier alpha value is -3.68. The summed E-state index contributed by atoms with van der Waals surface area (Å²) < 4.78 is 4.82. The van der Waals surface area contributed by atoms with Crippen LogP contribution < -0.4 is 10.2 Å². The molecule has 0 unspecified atom stereocenters. The normalized spacial score (nSPS) is 14.2. The molecule has 3 aromatic rings. The van der Waals surface area contributed by atoms with E-state index in [0.29, 0.717) is 0 Å². The van der Waals surface area contributed by atoms with Gasteiger partial charge in [-0.25, -0.2) is 4.79 Å². The molecule has 0 spiro atoms. The van der Waals surface area contributed by atoms with Gasteiger partial charge in [-0.15, -0.1) is 0 Å². The van der Waals surface area contributed by atoms with Crippen LogP contribution in [0.1, 0.15) is 27.5 Å². The minimum atomic E-state index is -1.08. The lowest BCUT2D eigenvalue weighted by atomic mass is 9.96. The van der Waals surface area contributed by atoms with E-state index in [-0.39, 0.29) is 29.8 Å². The number of carbonyl (C=O) groups excluding carboxylic acids is 1. The van der Waals surface area contributed by atoms with Crippen molar-refractivity contribution in [2.75, 3.05) is 50.1 Å². The molecule has 1 aliphatic rings. The molecule has 7 nitrogen and oxygen atoms in total. The van der Waals surface area contributed by atoms with E-state index in [1.165, 1.54) is 18.2 Å². The Balaban J connectivity index is 1.51. The molecule has 0 aliphatic carbocycles. The van der Waals surface area contributed by atoms with Crippen molar-refractivity contribution in [1.82, 2.24) is 4.90 Å². The van der Waals surface area contributed by atoms with Crippen LogP contribution in [0.25, 0.3) is 0 Å². The minimum Gasteiger partial charge on any atom is -0.478 e. The maximum absolute atomic E-state index is 11.9. The molecular weight excluding hydrogens is 430 g/mol. The van der Waals surface area contributed by atoms with Gasteiger partial charge in [-0.05, 0) is 29.3 Å². The first-order chi connectivity index (χ1) is 16.6. The summed E-state index contributed by atoms with van der Waals surface area (Å²) >= 11 is 0. The molecule has 34 heavy (non-hydrogen) atoms. The number of carboxylic acids is 1. The first-order valence-corrected chi connectivity index (χ1v) is 11.3. The highest BCUT2D eigenvalue weighted by atomic mass is 16.5. The summed E-state index contributed by atoms with van der Waals surface area (Å²) in [6.45, 7) is 3.08. The predicted molar refractivity (Wildman–Crippen MR) is 132 cm³/mol. The molecule has 0 bridgehead atoms. The lowest BCUT2D eigenvalue weighted by molar-refractivity contribution is -0.119. The Kier molecular flexibility index (Phi) is 7.57. The fourth-order valence-electron chi connectivity index (χ4n) is 4.46. The minimum absolute atomic E-state index is 0.0656. The fourth-order valence-corrected chi connectivity index (χ4v) is 4.46. The monoisotopic (exact) mass is 459 g/mol. The molecule has 3 aromatic carbocycles. The van der Waals surface area contributed by atoms with Gasteiger partial charge in [0.25, 0.3) is 0 Å². The molecule has 1 saturated heterocycles. The Morgan fingerprint density at radius 3 is 2.03 bits per heavy atom. The van der Waals surface area contributed by atoms with Crippen molar-refractivity contribution in [3.63, 3.8) is 0 Å². The van der Waals surface area contributed by atoms with Crippen molar-refractivity contribution >= 4 is 23.3 Å². The molecule has 1 heterocycles. The molecule has 0 aromatic heterocycles. The van der Waals surface area contributed by atoms with Gasteiger partial charge < -0.3 is 20.1 Å². The lowest BCUT2D eigenvalue weighted by Crippen LogP contribution is -2.48. The number of piperazine rings is 1. The second kappa shape index (κ2) is 11.0. The van der Waals surface area contributed by atoms with E-state index >= 15 is 0 Å². The third-order valence-corrected chi connectivity index (χ3v) is 6.06. The summed E-state index contributed by atoms with van der Waals surface area (Å²) in [7, 11) is 1.42. The van der Waals surface area contributed by atoms with Crippen LogP contribution in [-0.4, -0.2) is 61.8 Å². The number of hydrogen-bond acceptors (Lipinski definition) is 5. The van der Waals surface area contributed by atoms with E-state index in [1.807, 2.05) is 18.2 Å². The summed E-state index contributed by atoms with van der Waals surface area (Å²) in [5, 5.41) is 12.3. The number of nitrogens with zero attached hydrogens (tertiary/aromatic N) is 2. The SMILES string of the molecule is COCC(=O)Nc1ccc(N2CCN(C(c3ccccc3)c3ccccc3)CC2)cc1C(=O)O. The second-order valence-electron chi connectivity index (χ2n) is 8.26. The number of aromatic carboxylic acids is 1. The average Bonchev–Trinajstić information content (AvgIpc) is 2.86. The third kappa shape index (κ3) is 5.44. The molecule has 2 N–H and O–H groups in total. The summed E-state index contributed by atoms with van der Waals surface area (Å²) in [6, 6.07) is 26.3. The van der Waals surface area contributed by atoms with Crippen LogP contribution in [0.2, 0.25) is 0 Å². The number of benzene rings is 3. The van der Waals surface area contributed by atoms with Crippen LogP contribution in [0.3, 0.4) is 0 Å². The standard InChI is InChI=1S/C27H29N3O4/c1-34-19-25(31)28-24-13-12-22(18-23(24)27(32)33)29-14-16-30(17-15-29)26(20-8-4-2-5-9-20)21-10-6-3-7-11-21/h2-13,18,26H,14-17,19H2,1H3,(H,28,31)(H,32,33). The molecule has 0 radical (unpaired) electrons. The predicted octanol–water partition coefficient (Wildman–Crippen LogP) is 3.88. The molecule has 7 heteroatoms. The van der Waals surface area contributed by atoms with Gasteiger partial charge in [0.2, 0.25) is 5.91 Å². The van der Waals surface area contributed by atoms with Crippen molar-refractivity contribution in [2.24, 2.45) is 0 Å². The van der Waals surface area contributed by atoms with Crippen molar-refractivity contribution in [2.45, 2.75) is 6.04 Å². The quantitative estimate of drug-likeness (QED) is 0.532. The van der Waals surface area contributed by atoms with E-state index < -0.39 is 5.97 Å². The Morgan fingerprint density at radius 2 is 1.50 bits per heavy atom. The topological polar surface area (TPSA) is 82.1 Å². The van der Waals surface area contributed by atoms with Crippen LogP contribution in [0, 0.1) is 0 Å². The Morgan fingerprint density at radius 1 is 0.912 bits per heavy atom. The number of methoxy groups -OCH3 is 1. The molecule has 176 valence electrons. The average molecular weight is 460 g/mol. The highest BCUT2D eigenvalue weighted by molar-refractivity contribution is 6.01. The van der Waals surface area contributed by atoms with E-state index in [1.54, 1.807) is 12.1 Å². The maximum Gasteiger partial charge on any atom is 0.337 e. The number of rotatable bonds is 8. The van der Waals surface area contributed by atoms with Gasteiger partial charge in [0.1, 0.15) is 6.61 Å². The van der Waals surface area contributed by atoms with Crippen LogP contribution >= 0.6 is 0 Å². The molecule has 0 saturated carbocycles. The van der Waals surface area contributed by atoms with E-state index in [9.17, 15) is 14.7 Å². The van der Waals surface area contributed by atoms with Gasteiger partial charge in [0.05, 0.1) is 17.3 Å². The number of anilines is 2. The second-order valence-corrected chi connectivity index (χ2v) is 8.26. The first kappa shape index (κ1) is 23.5. The summed E-state index contributed by atoms with van der Waals surface area (Å²) in [4.78, 5) is 28.4. The van der Waals surface area contributed by atoms with Gasteiger partial charge in [0, 0.05) is 39.0 Å². The Labute approximate surface area is 199 Å². The van der Waals surface area contributed by atoms with Crippen LogP contribution in [0.4, 0.5) is 11.4 Å². The molecule has 4 rings (SSSR count). The smallest absolute Gasteiger partial charge is 0.337 e. The highest BCUT2D eigenvalue weighted by Gasteiger charge is 2.27. The maximum atomic E-state index is 11.9. The number of amides is 1. The highest BCUT2D eigenvalue weighted by Crippen LogP contribution is 2.31. The molecular formula is C27H29N3O4. The van der Waals surface area contributed by atoms with Crippen molar-refractivity contribution in [3.05, 3.63) is 95.6 Å². The Bertz CT molecular complexity index is 1070. The molecule has 1 fully saturated rings. The van der Waals surface area contributed by atoms with Gasteiger partial charge >= 0.3 is 5.97 Å². The van der Waals surface area contributed by atoms with Gasteiger partial charge in [-0.2, -0.15) is 0 Å². The third-order valence-electron chi connectivity index (χ3n) is 6.06. The van der Waals surface area contributed by atoms with Crippen molar-refractivity contribution in [1.29, 1.82) is 0 Å². The van der Waals surface area contributed by atoms with E-state index in [0.717, 1.165) is 31.9 Å². The zero-order valence-electron chi connectivity index (χ0n) is 19.2. The largest absolute Gasteiger partial charge is 0.478 e. The van der Waals surface area contributed by atoms with Gasteiger partial charge in [0.15, 0.2) is 0 Å². The van der Waals surface area contributed by atoms with Gasteiger partial charge in [-0.1, -0.05) is 60.7 Å². The lowest BCUT2D eigenvalue weighted by Gasteiger charge is -2.40. The van der Waals surface area contributed by atoms with Crippen LogP contribution in [-0.2, 0) is 9.53 Å². The van der Waals surface area contributed by atoms with E-state index in [4.69, 9.17) is 4.74 Å². The number of nitrogens with one attached hydrogen (secondary N) is 1. The molecule has 0 atom stereocenters. The summed E-state index contributed by atoms with van der Waals surface area (Å²) in [5.41, 5.74) is 3.68. The number of ether oxygens (including phenoxy) is 1. The van der Waals surface area contributed by atoms with Gasteiger partial charge in [-0.3, -0.25) is 9.69 Å². The zero-order valence-corrected chi connectivity index (χ0v) is 19.2. The first-order valence-electron chi connectivity index (χ1n) is 11.3. The van der Waals surface area contributed by atoms with Crippen LogP contribution in [0.5, 0.6) is 0 Å². The molecule has 1 amide bonds. The van der Waals surface area contributed by atoms with Crippen molar-refractivity contribution < 1.29 is 19.4 Å².